The van der Waals surface area contributed by atoms with Crippen LogP contribution in [0.25, 0.3) is 61.0 Å². The average molecular weight is 907 g/mol. The smallest absolute Gasteiger partial charge is 0.250 e. The molecule has 3 aromatic heterocycles. The molecule has 4 aliphatic heterocycles. The van der Waals surface area contributed by atoms with E-state index in [0.29, 0.717) is 0 Å². The maximum Gasteiger partial charge on any atom is 0.250 e. The molecule has 322 valence electrons. The van der Waals surface area contributed by atoms with Gasteiger partial charge >= 0.3 is 0 Å². The van der Waals surface area contributed by atoms with E-state index < -0.39 is 8.07 Å². The van der Waals surface area contributed by atoms with E-state index in [4.69, 9.17) is 14.5 Å². The van der Waals surface area contributed by atoms with E-state index in [-0.39, 0.29) is 13.4 Å². The summed E-state index contributed by atoms with van der Waals surface area (Å²) in [6.45, 7) is -0.0189. The summed E-state index contributed by atoms with van der Waals surface area (Å²) in [6, 6.07) is 80.4. The minimum Gasteiger partial charge on any atom is -0.458 e. The number of hydrogen-bond donors (Lipinski definition) is 0. The van der Waals surface area contributed by atoms with Gasteiger partial charge in [-0.05, 0) is 103 Å². The second kappa shape index (κ2) is 13.3. The molecule has 0 fully saturated rings. The van der Waals surface area contributed by atoms with E-state index in [0.717, 1.165) is 62.2 Å². The average Bonchev–Trinajstić information content (AvgIpc) is 4.08. The van der Waals surface area contributed by atoms with Crippen molar-refractivity contribution in [2.45, 2.75) is 0 Å². The predicted molar refractivity (Wildman–Crippen MR) is 290 cm³/mol. The van der Waals surface area contributed by atoms with Gasteiger partial charge in [-0.3, -0.25) is 8.97 Å². The van der Waals surface area contributed by atoms with Crippen molar-refractivity contribution in [3.8, 4) is 34.4 Å². The largest absolute Gasteiger partial charge is 0.458 e. The van der Waals surface area contributed by atoms with Gasteiger partial charge in [0.2, 0.25) is 5.78 Å². The maximum atomic E-state index is 7.24. The Kier molecular flexibility index (Phi) is 7.05. The fraction of sp³-hybridized carbons (Fsp3) is 0. The summed E-state index contributed by atoms with van der Waals surface area (Å²) >= 11 is 0. The third kappa shape index (κ3) is 4.50. The lowest BCUT2D eigenvalue weighted by atomic mass is 9.35. The highest BCUT2D eigenvalue weighted by atomic mass is 28.3. The molecule has 0 aliphatic carbocycles. The third-order valence-corrected chi connectivity index (χ3v) is 21.1. The molecule has 7 heterocycles. The summed E-state index contributed by atoms with van der Waals surface area (Å²) < 4.78 is 21.4. The first kappa shape index (κ1) is 37.2. The van der Waals surface area contributed by atoms with Gasteiger partial charge in [0.1, 0.15) is 23.0 Å². The Bertz CT molecular complexity index is 4440. The molecule has 13 aromatic rings. The molecule has 0 saturated carbocycles. The van der Waals surface area contributed by atoms with Gasteiger partial charge in [-0.2, -0.15) is 0 Å². The second-order valence-electron chi connectivity index (χ2n) is 19.3. The van der Waals surface area contributed by atoms with Crippen LogP contribution in [0.5, 0.6) is 23.0 Å². The Labute approximate surface area is 403 Å². The van der Waals surface area contributed by atoms with Crippen molar-refractivity contribution in [1.29, 1.82) is 0 Å². The molecule has 9 heteroatoms. The molecule has 0 radical (unpaired) electrons. The third-order valence-electron chi connectivity index (χ3n) is 16.1. The lowest BCUT2D eigenvalue weighted by Crippen LogP contribution is -2.93. The number of fused-ring (bicyclic) bond motifs is 20. The lowest BCUT2D eigenvalue weighted by Gasteiger charge is -2.49. The topological polar surface area (TPSA) is 45.6 Å². The van der Waals surface area contributed by atoms with Crippen LogP contribution in [0.2, 0.25) is 0 Å². The van der Waals surface area contributed by atoms with Gasteiger partial charge in [-0.1, -0.05) is 157 Å². The first-order chi connectivity index (χ1) is 34.7. The fourth-order valence-corrected chi connectivity index (χ4v) is 19.3. The Morgan fingerprint density at radius 1 is 0.357 bits per heavy atom. The standard InChI is InChI=1S/C61H36B2N4O2Si/c1-6-20-46-39(15-1)40-16-2-7-21-47(40)65(46)37-31-33-41-53(35-37)68-51-25-13-29-57-59(51)62(41)43-17-3-11-27-55(43)70(57)56-28-12-4-18-44(56)63-42-34-32-38(36-54(42)69-52-26-14-30-58(70)60(52)63)66-49-23-9-10-24-50(49)67-48-22-8-5-19-45(48)64-61(66)67/h1-36H. The van der Waals surface area contributed by atoms with Gasteiger partial charge in [0.25, 0.3) is 13.4 Å². The first-order valence-corrected chi connectivity index (χ1v) is 26.2. The van der Waals surface area contributed by atoms with Crippen molar-refractivity contribution in [3.05, 3.63) is 218 Å². The Morgan fingerprint density at radius 3 is 1.43 bits per heavy atom. The highest BCUT2D eigenvalue weighted by Crippen LogP contribution is 2.37. The van der Waals surface area contributed by atoms with Crippen LogP contribution in [0.4, 0.5) is 0 Å². The highest BCUT2D eigenvalue weighted by Gasteiger charge is 2.58. The van der Waals surface area contributed by atoms with Gasteiger partial charge in [0, 0.05) is 28.6 Å². The highest BCUT2D eigenvalue weighted by molar-refractivity contribution is 7.31. The molecule has 0 N–H and O–H groups in total. The van der Waals surface area contributed by atoms with Gasteiger partial charge in [0.05, 0.1) is 38.8 Å². The number of hydrogen-bond acceptors (Lipinski definition) is 3. The molecule has 0 saturated heterocycles. The van der Waals surface area contributed by atoms with E-state index in [9.17, 15) is 0 Å². The van der Waals surface area contributed by atoms with Crippen LogP contribution in [0.1, 0.15) is 0 Å². The molecule has 0 bridgehead atoms. The van der Waals surface area contributed by atoms with Crippen LogP contribution in [0.15, 0.2) is 218 Å². The number of aromatic nitrogens is 4. The Morgan fingerprint density at radius 2 is 0.829 bits per heavy atom. The van der Waals surface area contributed by atoms with E-state index in [2.05, 4.69) is 232 Å². The molecule has 70 heavy (non-hydrogen) atoms. The maximum absolute atomic E-state index is 7.24. The second-order valence-corrected chi connectivity index (χ2v) is 23.0. The zero-order valence-electron chi connectivity index (χ0n) is 37.5. The quantitative estimate of drug-likeness (QED) is 0.180. The molecule has 17 rings (SSSR count). The zero-order chi connectivity index (χ0) is 45.4. The first-order valence-electron chi connectivity index (χ1n) is 24.2. The number of para-hydroxylation sites is 6. The van der Waals surface area contributed by atoms with Crippen molar-refractivity contribution < 1.29 is 9.47 Å². The molecule has 6 nitrogen and oxygen atoms in total. The number of imidazole rings is 2. The van der Waals surface area contributed by atoms with Crippen molar-refractivity contribution in [2.24, 2.45) is 0 Å². The van der Waals surface area contributed by atoms with Crippen LogP contribution in [-0.4, -0.2) is 40.0 Å². The van der Waals surface area contributed by atoms with Crippen LogP contribution in [0.3, 0.4) is 0 Å². The van der Waals surface area contributed by atoms with Crippen LogP contribution >= 0.6 is 0 Å². The van der Waals surface area contributed by atoms with E-state index in [1.165, 1.54) is 75.3 Å². The molecule has 1 unspecified atom stereocenters. The number of rotatable bonds is 2. The van der Waals surface area contributed by atoms with Crippen molar-refractivity contribution in [1.82, 2.24) is 18.5 Å². The van der Waals surface area contributed by atoms with Crippen LogP contribution in [0, 0.1) is 0 Å². The van der Waals surface area contributed by atoms with E-state index >= 15 is 0 Å². The minimum atomic E-state index is -3.03. The summed E-state index contributed by atoms with van der Waals surface area (Å²) in [5.41, 5.74) is 16.4. The number of benzene rings is 10. The minimum absolute atomic E-state index is 0.000188. The molecule has 1 spiro atoms. The van der Waals surface area contributed by atoms with Gasteiger partial charge < -0.3 is 14.0 Å². The summed E-state index contributed by atoms with van der Waals surface area (Å²) in [5, 5.41) is 8.13. The predicted octanol–water partition coefficient (Wildman–Crippen LogP) is 6.78. The SMILES string of the molecule is c1ccc2c(c1)B1c3ccc(-n4c5ccccc5c5ccccc54)cc3Oc3cccc(c31)[Si]21c2ccccc2B2c3ccc(-n4c5ccccc5n5c6ccccc6nc45)cc3Oc3cccc1c32. The van der Waals surface area contributed by atoms with Crippen LogP contribution < -0.4 is 63.0 Å². The summed E-state index contributed by atoms with van der Waals surface area (Å²) in [5.74, 6) is 4.52. The normalized spacial score (nSPS) is 15.7. The zero-order valence-corrected chi connectivity index (χ0v) is 38.5. The molecule has 4 aliphatic rings. The van der Waals surface area contributed by atoms with Gasteiger partial charge in [0.15, 0.2) is 8.07 Å². The van der Waals surface area contributed by atoms with E-state index in [1.807, 2.05) is 0 Å². The van der Waals surface area contributed by atoms with Gasteiger partial charge in [-0.25, -0.2) is 4.98 Å². The molecular formula is C61H36B2N4O2Si. The van der Waals surface area contributed by atoms with Crippen LogP contribution in [-0.2, 0) is 0 Å². The monoisotopic (exact) mass is 906 g/mol. The molecule has 1 atom stereocenters. The fourth-order valence-electron chi connectivity index (χ4n) is 13.5. The summed E-state index contributed by atoms with van der Waals surface area (Å²) in [4.78, 5) is 5.19. The van der Waals surface area contributed by atoms with Crippen molar-refractivity contribution in [2.75, 3.05) is 0 Å². The molecule has 10 aromatic carbocycles. The molecule has 0 amide bonds. The number of nitrogens with zero attached hydrogens (tertiary/aromatic N) is 4. The van der Waals surface area contributed by atoms with Gasteiger partial charge in [-0.15, -0.1) is 0 Å². The Hall–Kier alpha value is -8.78. The summed E-state index contributed by atoms with van der Waals surface area (Å²) in [6.07, 6.45) is 0. The number of ether oxygens (including phenoxy) is 2. The lowest BCUT2D eigenvalue weighted by molar-refractivity contribution is 0.487. The molecular weight excluding hydrogens is 870 g/mol. The van der Waals surface area contributed by atoms with E-state index in [1.54, 1.807) is 0 Å². The Balaban J connectivity index is 0.859. The van der Waals surface area contributed by atoms with Crippen molar-refractivity contribution >= 4 is 125 Å². The summed E-state index contributed by atoms with van der Waals surface area (Å²) in [7, 11) is -3.03. The van der Waals surface area contributed by atoms with Crippen molar-refractivity contribution in [3.63, 3.8) is 0 Å².